The summed E-state index contributed by atoms with van der Waals surface area (Å²) < 4.78 is 5.45. The van der Waals surface area contributed by atoms with Gasteiger partial charge in [0.25, 0.3) is 0 Å². The number of aliphatic hydroxyl groups is 1. The molecule has 0 atom stereocenters. The Balaban J connectivity index is 1.54. The highest BCUT2D eigenvalue weighted by Gasteiger charge is 2.36. The Morgan fingerprint density at radius 3 is 1.73 bits per heavy atom. The maximum absolute atomic E-state index is 12.6. The van der Waals surface area contributed by atoms with E-state index in [1.165, 1.54) is 96.1 Å². The Labute approximate surface area is 250 Å². The number of Topliss-reactive ketones (excluding diaryl/α,β-unsaturated/α-hetero) is 1. The van der Waals surface area contributed by atoms with Gasteiger partial charge in [-0.05, 0) is 48.9 Å². The van der Waals surface area contributed by atoms with Gasteiger partial charge in [0, 0.05) is 19.1 Å². The maximum Gasteiger partial charge on any atom is 0.338 e. The number of benzene rings is 1. The van der Waals surface area contributed by atoms with Crippen LogP contribution < -0.4 is 0 Å². The molecule has 230 valence electrons. The molecule has 5 heteroatoms. The Kier molecular flexibility index (Phi) is 17.3. The first-order chi connectivity index (χ1) is 19.9. The van der Waals surface area contributed by atoms with E-state index in [9.17, 15) is 14.7 Å². The minimum Gasteiger partial charge on any atom is -0.511 e. The number of hydrogen-bond acceptors (Lipinski definition) is 5. The highest BCUT2D eigenvalue weighted by Crippen LogP contribution is 2.41. The molecule has 0 saturated carbocycles. The van der Waals surface area contributed by atoms with E-state index in [-0.39, 0.29) is 22.9 Å². The number of nitrogens with zero attached hydrogens (tertiary/aromatic N) is 1. The van der Waals surface area contributed by atoms with Gasteiger partial charge in [-0.25, -0.2) is 4.79 Å². The zero-order valence-corrected chi connectivity index (χ0v) is 26.4. The van der Waals surface area contributed by atoms with Crippen molar-refractivity contribution in [3.8, 4) is 0 Å². The molecule has 0 bridgehead atoms. The standard InChI is InChI=1S/C36H57NO4/c1-4-7-8-9-10-11-12-13-14-15-16-17-18-19-20-21-26-41-35(40)30-22-24-31(25-23-30)37-29-32-33(38)27-36(5-2,6-3)28-34(32)39/h22-25,29,38H,4-21,26-28H2,1-3H3. The molecule has 1 aromatic rings. The summed E-state index contributed by atoms with van der Waals surface area (Å²) in [5, 5.41) is 10.5. The van der Waals surface area contributed by atoms with Crippen LogP contribution in [0.2, 0.25) is 0 Å². The van der Waals surface area contributed by atoms with Crippen molar-refractivity contribution in [3.63, 3.8) is 0 Å². The third-order valence-corrected chi connectivity index (χ3v) is 8.87. The molecule has 1 aromatic carbocycles. The predicted molar refractivity (Wildman–Crippen MR) is 171 cm³/mol. The zero-order valence-electron chi connectivity index (χ0n) is 26.4. The fourth-order valence-corrected chi connectivity index (χ4v) is 5.73. The van der Waals surface area contributed by atoms with Crippen molar-refractivity contribution in [1.82, 2.24) is 0 Å². The van der Waals surface area contributed by atoms with E-state index >= 15 is 0 Å². The average Bonchev–Trinajstić information content (AvgIpc) is 2.98. The lowest BCUT2D eigenvalue weighted by molar-refractivity contribution is -0.118. The van der Waals surface area contributed by atoms with E-state index in [2.05, 4.69) is 25.8 Å². The van der Waals surface area contributed by atoms with Crippen LogP contribution in [-0.4, -0.2) is 29.7 Å². The van der Waals surface area contributed by atoms with Gasteiger partial charge in [0.15, 0.2) is 5.78 Å². The van der Waals surface area contributed by atoms with Gasteiger partial charge in [0.1, 0.15) is 5.76 Å². The van der Waals surface area contributed by atoms with Gasteiger partial charge >= 0.3 is 5.97 Å². The van der Waals surface area contributed by atoms with E-state index in [0.29, 0.717) is 36.3 Å². The summed E-state index contributed by atoms with van der Waals surface area (Å²) in [6.07, 6.45) is 25.2. The molecule has 1 aliphatic carbocycles. The quantitative estimate of drug-likeness (QED) is 0.0859. The van der Waals surface area contributed by atoms with Gasteiger partial charge < -0.3 is 9.84 Å². The van der Waals surface area contributed by atoms with Crippen LogP contribution in [0.3, 0.4) is 0 Å². The fraction of sp³-hybridized carbons (Fsp3) is 0.694. The molecular formula is C36H57NO4. The fourth-order valence-electron chi connectivity index (χ4n) is 5.73. The van der Waals surface area contributed by atoms with Gasteiger partial charge in [-0.15, -0.1) is 0 Å². The summed E-state index contributed by atoms with van der Waals surface area (Å²) in [6.45, 7) is 6.85. The zero-order chi connectivity index (χ0) is 29.8. The van der Waals surface area contributed by atoms with Crippen molar-refractivity contribution in [1.29, 1.82) is 0 Å². The van der Waals surface area contributed by atoms with Gasteiger partial charge in [0.05, 0.1) is 23.4 Å². The smallest absolute Gasteiger partial charge is 0.338 e. The first-order valence-corrected chi connectivity index (χ1v) is 16.7. The molecule has 1 N–H and O–H groups in total. The Hall–Kier alpha value is -2.43. The van der Waals surface area contributed by atoms with Crippen LogP contribution in [0.15, 0.2) is 40.6 Å². The topological polar surface area (TPSA) is 76.0 Å². The second-order valence-electron chi connectivity index (χ2n) is 12.1. The maximum atomic E-state index is 12.6. The lowest BCUT2D eigenvalue weighted by Crippen LogP contribution is -2.30. The Morgan fingerprint density at radius 1 is 0.780 bits per heavy atom. The number of aliphatic hydroxyl groups excluding tert-OH is 1. The van der Waals surface area contributed by atoms with Crippen LogP contribution >= 0.6 is 0 Å². The molecule has 0 aliphatic heterocycles. The summed E-state index contributed by atoms with van der Waals surface area (Å²) in [5.41, 5.74) is 1.26. The van der Waals surface area contributed by atoms with E-state index < -0.39 is 0 Å². The molecule has 0 fully saturated rings. The molecule has 0 radical (unpaired) electrons. The molecule has 1 aliphatic rings. The van der Waals surface area contributed by atoms with Gasteiger partial charge in [0.2, 0.25) is 0 Å². The van der Waals surface area contributed by atoms with E-state index in [4.69, 9.17) is 4.74 Å². The third-order valence-electron chi connectivity index (χ3n) is 8.87. The highest BCUT2D eigenvalue weighted by molar-refractivity contribution is 6.15. The van der Waals surface area contributed by atoms with E-state index in [0.717, 1.165) is 25.7 Å². The molecule has 0 saturated heterocycles. The van der Waals surface area contributed by atoms with Crippen molar-refractivity contribution in [2.75, 3.05) is 6.61 Å². The number of allylic oxidation sites excluding steroid dienone is 2. The number of carbonyl (C=O) groups excluding carboxylic acids is 2. The number of rotatable bonds is 22. The summed E-state index contributed by atoms with van der Waals surface area (Å²) in [7, 11) is 0. The molecular weight excluding hydrogens is 510 g/mol. The molecule has 2 rings (SSSR count). The van der Waals surface area contributed by atoms with Crippen LogP contribution in [0.25, 0.3) is 0 Å². The van der Waals surface area contributed by atoms with Crippen molar-refractivity contribution in [3.05, 3.63) is 41.2 Å². The second kappa shape index (κ2) is 20.4. The van der Waals surface area contributed by atoms with Crippen LogP contribution in [0, 0.1) is 5.41 Å². The number of ketones is 1. The van der Waals surface area contributed by atoms with Crippen LogP contribution in [0.5, 0.6) is 0 Å². The normalized spacial score (nSPS) is 15.1. The van der Waals surface area contributed by atoms with Crippen molar-refractivity contribution >= 4 is 23.7 Å². The largest absolute Gasteiger partial charge is 0.511 e. The number of aliphatic imine (C=N–C) groups is 1. The summed E-state index contributed by atoms with van der Waals surface area (Å²) >= 11 is 0. The van der Waals surface area contributed by atoms with Crippen LogP contribution in [-0.2, 0) is 9.53 Å². The summed E-state index contributed by atoms with van der Waals surface area (Å²) in [4.78, 5) is 29.4. The van der Waals surface area contributed by atoms with Gasteiger partial charge in [-0.1, -0.05) is 117 Å². The predicted octanol–water partition coefficient (Wildman–Crippen LogP) is 10.8. The summed E-state index contributed by atoms with van der Waals surface area (Å²) in [6, 6.07) is 6.85. The van der Waals surface area contributed by atoms with E-state index in [1.54, 1.807) is 24.3 Å². The molecule has 0 unspecified atom stereocenters. The lowest BCUT2D eigenvalue weighted by Gasteiger charge is -2.34. The number of carbonyl (C=O) groups is 2. The second-order valence-corrected chi connectivity index (χ2v) is 12.1. The number of unbranched alkanes of at least 4 members (excludes halogenated alkanes) is 15. The van der Waals surface area contributed by atoms with Crippen molar-refractivity contribution in [2.45, 2.75) is 149 Å². The molecule has 41 heavy (non-hydrogen) atoms. The summed E-state index contributed by atoms with van der Waals surface area (Å²) in [5.74, 6) is -0.252. The Morgan fingerprint density at radius 2 is 1.27 bits per heavy atom. The van der Waals surface area contributed by atoms with E-state index in [1.807, 2.05) is 0 Å². The molecule has 0 heterocycles. The van der Waals surface area contributed by atoms with Gasteiger partial charge in [-0.2, -0.15) is 0 Å². The minimum absolute atomic E-state index is 0.0597. The molecule has 5 nitrogen and oxygen atoms in total. The number of hydrogen-bond donors (Lipinski definition) is 1. The SMILES string of the molecule is CCCCCCCCCCCCCCCCCCOC(=O)c1ccc(N=CC2=C(O)CC(CC)(CC)CC2=O)cc1. The number of esters is 1. The Bertz CT molecular complexity index is 943. The number of ether oxygens (including phenoxy) is 1. The van der Waals surface area contributed by atoms with Crippen LogP contribution in [0.4, 0.5) is 5.69 Å². The van der Waals surface area contributed by atoms with Crippen molar-refractivity contribution < 1.29 is 19.4 Å². The monoisotopic (exact) mass is 567 g/mol. The first kappa shape index (κ1) is 34.8. The van der Waals surface area contributed by atoms with Crippen LogP contribution in [0.1, 0.15) is 160 Å². The molecule has 0 amide bonds. The van der Waals surface area contributed by atoms with Gasteiger partial charge in [-0.3, -0.25) is 9.79 Å². The minimum atomic E-state index is -0.320. The average molecular weight is 568 g/mol. The van der Waals surface area contributed by atoms with Crippen molar-refractivity contribution in [2.24, 2.45) is 10.4 Å². The lowest BCUT2D eigenvalue weighted by atomic mass is 9.70. The molecule has 0 spiro atoms. The highest BCUT2D eigenvalue weighted by atomic mass is 16.5. The molecule has 0 aromatic heterocycles. The first-order valence-electron chi connectivity index (χ1n) is 16.7. The third kappa shape index (κ3) is 13.4.